The van der Waals surface area contributed by atoms with Crippen LogP contribution < -0.4 is 10.6 Å². The minimum absolute atomic E-state index is 0.117. The van der Waals surface area contributed by atoms with Gasteiger partial charge in [-0.25, -0.2) is 0 Å². The van der Waals surface area contributed by atoms with E-state index in [-0.39, 0.29) is 37.0 Å². The number of guanidine groups is 2. The molecule has 4 N–H and O–H groups in total. The fourth-order valence-corrected chi connectivity index (χ4v) is 10.0. The number of hydrogen-bond acceptors (Lipinski definition) is 4. The number of carbonyl (C=O) groups is 2. The Kier molecular flexibility index (Phi) is 14.8. The molecule has 10 nitrogen and oxygen atoms in total. The monoisotopic (exact) mass is 787 g/mol. The summed E-state index contributed by atoms with van der Waals surface area (Å²) in [4.78, 5) is 35.0. The maximum absolute atomic E-state index is 13.3. The van der Waals surface area contributed by atoms with Gasteiger partial charge in [-0.15, -0.1) is 0 Å². The Hall–Kier alpha value is -4.86. The fourth-order valence-electron chi connectivity index (χ4n) is 10.0. The molecule has 0 spiro atoms. The SMILES string of the molecule is N=C1N(CC(=O)Nc2ccc(NC(=O)CN3C[C@H](Cc4ccccc4)N(CCCC4CCCCC4)C3=N)cc2)C[C@H](Cc2ccccc2)N1CCCC1CCCCC1. The van der Waals surface area contributed by atoms with Crippen LogP contribution in [-0.2, 0) is 22.4 Å². The molecule has 58 heavy (non-hydrogen) atoms. The second kappa shape index (κ2) is 20.7. The van der Waals surface area contributed by atoms with Gasteiger partial charge >= 0.3 is 0 Å². The van der Waals surface area contributed by atoms with Crippen LogP contribution in [0.3, 0.4) is 0 Å². The fraction of sp³-hybridized carbons (Fsp3) is 0.542. The summed E-state index contributed by atoms with van der Waals surface area (Å²) in [6.07, 6.45) is 19.8. The van der Waals surface area contributed by atoms with Crippen LogP contribution in [0.25, 0.3) is 0 Å². The van der Waals surface area contributed by atoms with Crippen LogP contribution in [0.5, 0.6) is 0 Å². The third kappa shape index (κ3) is 11.6. The molecule has 4 fully saturated rings. The second-order valence-corrected chi connectivity index (χ2v) is 17.4. The molecule has 0 bridgehead atoms. The van der Waals surface area contributed by atoms with Gasteiger partial charge in [0.15, 0.2) is 11.9 Å². The van der Waals surface area contributed by atoms with Crippen LogP contribution in [0.4, 0.5) is 11.4 Å². The van der Waals surface area contributed by atoms with Gasteiger partial charge in [-0.05, 0) is 85.8 Å². The average molecular weight is 787 g/mol. The van der Waals surface area contributed by atoms with Gasteiger partial charge in [0.25, 0.3) is 0 Å². The predicted octanol–water partition coefficient (Wildman–Crippen LogP) is 8.61. The van der Waals surface area contributed by atoms with Crippen molar-refractivity contribution in [3.63, 3.8) is 0 Å². The summed E-state index contributed by atoms with van der Waals surface area (Å²) < 4.78 is 0. The van der Waals surface area contributed by atoms with Crippen molar-refractivity contribution in [1.29, 1.82) is 10.8 Å². The van der Waals surface area contributed by atoms with Crippen molar-refractivity contribution >= 4 is 35.1 Å². The molecule has 2 aliphatic heterocycles. The lowest BCUT2D eigenvalue weighted by Crippen LogP contribution is -2.39. The number of amides is 2. The Balaban J connectivity index is 0.890. The number of hydrogen-bond donors (Lipinski definition) is 4. The van der Waals surface area contributed by atoms with Crippen molar-refractivity contribution in [2.45, 2.75) is 115 Å². The predicted molar refractivity (Wildman–Crippen MR) is 235 cm³/mol. The molecule has 7 rings (SSSR count). The van der Waals surface area contributed by atoms with Gasteiger partial charge in [0.05, 0.1) is 12.1 Å². The highest BCUT2D eigenvalue weighted by molar-refractivity contribution is 5.97. The van der Waals surface area contributed by atoms with Gasteiger partial charge in [0, 0.05) is 37.6 Å². The minimum Gasteiger partial charge on any atom is -0.338 e. The number of carbonyl (C=O) groups excluding carboxylic acids is 2. The molecule has 2 amide bonds. The van der Waals surface area contributed by atoms with Crippen molar-refractivity contribution < 1.29 is 9.59 Å². The number of nitrogens with one attached hydrogen (secondary N) is 4. The second-order valence-electron chi connectivity index (χ2n) is 17.4. The zero-order valence-electron chi connectivity index (χ0n) is 34.6. The molecule has 2 saturated heterocycles. The number of nitrogens with zero attached hydrogens (tertiary/aromatic N) is 4. The molecule has 310 valence electrons. The van der Waals surface area contributed by atoms with E-state index in [1.165, 1.54) is 88.2 Å². The third-order valence-electron chi connectivity index (χ3n) is 13.1. The van der Waals surface area contributed by atoms with Crippen LogP contribution in [-0.4, -0.2) is 94.7 Å². The zero-order valence-corrected chi connectivity index (χ0v) is 34.6. The summed E-state index contributed by atoms with van der Waals surface area (Å²) in [6, 6.07) is 28.5. The summed E-state index contributed by atoms with van der Waals surface area (Å²) in [7, 11) is 0. The number of rotatable bonds is 18. The lowest BCUT2D eigenvalue weighted by molar-refractivity contribution is -0.117. The van der Waals surface area contributed by atoms with Crippen molar-refractivity contribution in [2.75, 3.05) is 49.9 Å². The van der Waals surface area contributed by atoms with E-state index in [0.717, 1.165) is 50.6 Å². The van der Waals surface area contributed by atoms with Crippen molar-refractivity contribution in [3.05, 3.63) is 96.1 Å². The van der Waals surface area contributed by atoms with Crippen molar-refractivity contribution in [3.8, 4) is 0 Å². The molecular weight excluding hydrogens is 721 g/mol. The van der Waals surface area contributed by atoms with E-state index >= 15 is 0 Å². The first kappa shape index (κ1) is 41.3. The Bertz CT molecular complexity index is 1640. The molecule has 10 heteroatoms. The summed E-state index contributed by atoms with van der Waals surface area (Å²) in [5.41, 5.74) is 3.80. The maximum atomic E-state index is 13.3. The van der Waals surface area contributed by atoms with Crippen LogP contribution in [0.2, 0.25) is 0 Å². The van der Waals surface area contributed by atoms with Crippen LogP contribution in [0.1, 0.15) is 101 Å². The summed E-state index contributed by atoms with van der Waals surface area (Å²) in [5, 5.41) is 24.2. The lowest BCUT2D eigenvalue weighted by Gasteiger charge is -2.27. The average Bonchev–Trinajstić information content (AvgIpc) is 3.68. The van der Waals surface area contributed by atoms with E-state index in [1.54, 1.807) is 24.3 Å². The Morgan fingerprint density at radius 2 is 0.914 bits per heavy atom. The molecule has 3 aromatic carbocycles. The normalized spacial score (nSPS) is 20.6. The van der Waals surface area contributed by atoms with Gasteiger partial charge in [0.2, 0.25) is 11.8 Å². The Labute approximate surface area is 346 Å². The first-order valence-electron chi connectivity index (χ1n) is 22.4. The summed E-state index contributed by atoms with van der Waals surface area (Å²) in [5.74, 6) is 2.19. The highest BCUT2D eigenvalue weighted by Gasteiger charge is 2.36. The summed E-state index contributed by atoms with van der Waals surface area (Å²) in [6.45, 7) is 3.23. The molecule has 2 saturated carbocycles. The van der Waals surface area contributed by atoms with Crippen molar-refractivity contribution in [2.24, 2.45) is 11.8 Å². The first-order chi connectivity index (χ1) is 28.4. The van der Waals surface area contributed by atoms with E-state index in [2.05, 4.69) is 69.0 Å². The van der Waals surface area contributed by atoms with Crippen LogP contribution in [0, 0.1) is 22.7 Å². The molecule has 2 aliphatic carbocycles. The van der Waals surface area contributed by atoms with E-state index in [1.807, 2.05) is 21.9 Å². The van der Waals surface area contributed by atoms with E-state index in [0.29, 0.717) is 36.4 Å². The molecule has 2 heterocycles. The molecule has 0 aromatic heterocycles. The molecule has 3 aromatic rings. The van der Waals surface area contributed by atoms with Gasteiger partial charge in [-0.1, -0.05) is 125 Å². The lowest BCUT2D eigenvalue weighted by atomic mass is 9.86. The summed E-state index contributed by atoms with van der Waals surface area (Å²) >= 11 is 0. The topological polar surface area (TPSA) is 119 Å². The Morgan fingerprint density at radius 1 is 0.534 bits per heavy atom. The first-order valence-corrected chi connectivity index (χ1v) is 22.4. The minimum atomic E-state index is -0.162. The highest BCUT2D eigenvalue weighted by Crippen LogP contribution is 2.30. The molecular formula is C48H66N8O2. The largest absolute Gasteiger partial charge is 0.338 e. The quantitative estimate of drug-likeness (QED) is 0.103. The highest BCUT2D eigenvalue weighted by atomic mass is 16.2. The van der Waals surface area contributed by atoms with E-state index in [9.17, 15) is 9.59 Å². The molecule has 2 atom stereocenters. The van der Waals surface area contributed by atoms with E-state index < -0.39 is 0 Å². The molecule has 4 aliphatic rings. The van der Waals surface area contributed by atoms with Gasteiger partial charge in [0.1, 0.15) is 13.1 Å². The maximum Gasteiger partial charge on any atom is 0.244 e. The van der Waals surface area contributed by atoms with Crippen molar-refractivity contribution in [1.82, 2.24) is 19.6 Å². The standard InChI is InChI=1S/C48H66N8O2/c49-47-53(33-43(31-39-19-9-3-10-20-39)55(47)29-13-23-37-15-5-1-6-16-37)35-45(57)51-41-25-27-42(28-26-41)52-46(58)36-54-34-44(32-40-21-11-4-12-22-40)56(48(54)50)30-14-24-38-17-7-2-8-18-38/h3-4,9-12,19-22,25-28,37-38,43-44,49-50H,1-2,5-8,13-18,23-24,29-36H2,(H,51,57)(H,52,58)/t43-,44-/m0/s1. The number of anilines is 2. The number of benzene rings is 3. The van der Waals surface area contributed by atoms with Crippen LogP contribution in [0.15, 0.2) is 84.9 Å². The smallest absolute Gasteiger partial charge is 0.244 e. The van der Waals surface area contributed by atoms with Crippen LogP contribution >= 0.6 is 0 Å². The molecule has 0 unspecified atom stereocenters. The molecule has 0 radical (unpaired) electrons. The van der Waals surface area contributed by atoms with Gasteiger partial charge < -0.3 is 30.2 Å². The van der Waals surface area contributed by atoms with Gasteiger partial charge in [-0.2, -0.15) is 0 Å². The van der Waals surface area contributed by atoms with Gasteiger partial charge in [-0.3, -0.25) is 20.4 Å². The van der Waals surface area contributed by atoms with E-state index in [4.69, 9.17) is 10.8 Å². The third-order valence-corrected chi connectivity index (χ3v) is 13.1. The Morgan fingerprint density at radius 3 is 1.29 bits per heavy atom. The zero-order chi connectivity index (χ0) is 40.1.